The Kier molecular flexibility index (Phi) is 3.04. The molecule has 2 nitrogen and oxygen atoms in total. The van der Waals surface area contributed by atoms with Gasteiger partial charge in [0.1, 0.15) is 5.75 Å². The highest BCUT2D eigenvalue weighted by molar-refractivity contribution is 5.49. The van der Waals surface area contributed by atoms with E-state index in [2.05, 4.69) is 26.8 Å². The maximum absolute atomic E-state index is 8.93. The van der Waals surface area contributed by atoms with E-state index < -0.39 is 0 Å². The summed E-state index contributed by atoms with van der Waals surface area (Å²) in [5.41, 5.74) is 2.86. The third kappa shape index (κ3) is 2.30. The predicted octanol–water partition coefficient (Wildman–Crippen LogP) is 3.17. The van der Waals surface area contributed by atoms with Crippen molar-refractivity contribution in [3.8, 4) is 11.8 Å². The maximum Gasteiger partial charge on any atom is 0.123 e. The summed E-state index contributed by atoms with van der Waals surface area (Å²) in [5.74, 6) is 0.796. The molecule has 0 amide bonds. The van der Waals surface area contributed by atoms with Gasteiger partial charge in [-0.05, 0) is 29.5 Å². The first-order chi connectivity index (χ1) is 6.90. The van der Waals surface area contributed by atoms with Crippen LogP contribution < -0.4 is 4.74 Å². The van der Waals surface area contributed by atoms with Gasteiger partial charge in [-0.2, -0.15) is 5.26 Å². The van der Waals surface area contributed by atoms with Crippen LogP contribution in [0.1, 0.15) is 37.5 Å². The van der Waals surface area contributed by atoms with Gasteiger partial charge in [-0.15, -0.1) is 0 Å². The average Bonchev–Trinajstić information content (AvgIpc) is 2.16. The lowest BCUT2D eigenvalue weighted by Gasteiger charge is -2.23. The fraction of sp³-hybridized carbons (Fsp3) is 0.462. The molecular weight excluding hydrogens is 186 g/mol. The Morgan fingerprint density at radius 2 is 1.87 bits per heavy atom. The molecule has 1 rings (SSSR count). The van der Waals surface area contributed by atoms with E-state index >= 15 is 0 Å². The SMILES string of the molecule is COc1cc(C#N)c(C)cc1C(C)(C)C. The Bertz CT molecular complexity index is 408. The maximum atomic E-state index is 8.93. The van der Waals surface area contributed by atoms with Gasteiger partial charge in [-0.3, -0.25) is 0 Å². The van der Waals surface area contributed by atoms with E-state index in [4.69, 9.17) is 10.00 Å². The van der Waals surface area contributed by atoms with Crippen LogP contribution in [0.15, 0.2) is 12.1 Å². The highest BCUT2D eigenvalue weighted by atomic mass is 16.5. The van der Waals surface area contributed by atoms with E-state index in [-0.39, 0.29) is 5.41 Å². The topological polar surface area (TPSA) is 33.0 Å². The Hall–Kier alpha value is -1.49. The summed E-state index contributed by atoms with van der Waals surface area (Å²) in [6.07, 6.45) is 0. The summed E-state index contributed by atoms with van der Waals surface area (Å²) in [6, 6.07) is 6.02. The van der Waals surface area contributed by atoms with Gasteiger partial charge in [0.15, 0.2) is 0 Å². The van der Waals surface area contributed by atoms with Crippen molar-refractivity contribution in [3.05, 3.63) is 28.8 Å². The average molecular weight is 203 g/mol. The summed E-state index contributed by atoms with van der Waals surface area (Å²) in [5, 5.41) is 8.93. The van der Waals surface area contributed by atoms with Crippen molar-refractivity contribution in [2.75, 3.05) is 7.11 Å². The number of nitrogens with zero attached hydrogens (tertiary/aromatic N) is 1. The molecule has 0 N–H and O–H groups in total. The van der Waals surface area contributed by atoms with E-state index in [0.717, 1.165) is 16.9 Å². The minimum atomic E-state index is 0.0318. The van der Waals surface area contributed by atoms with E-state index in [1.165, 1.54) is 0 Å². The molecule has 0 radical (unpaired) electrons. The van der Waals surface area contributed by atoms with Crippen molar-refractivity contribution in [2.24, 2.45) is 0 Å². The van der Waals surface area contributed by atoms with Gasteiger partial charge in [0.05, 0.1) is 18.7 Å². The Morgan fingerprint density at radius 1 is 1.27 bits per heavy atom. The largest absolute Gasteiger partial charge is 0.496 e. The molecule has 0 aliphatic carbocycles. The first kappa shape index (κ1) is 11.6. The number of aryl methyl sites for hydroxylation is 1. The molecule has 80 valence electrons. The number of nitriles is 1. The predicted molar refractivity (Wildman–Crippen MR) is 61.1 cm³/mol. The highest BCUT2D eigenvalue weighted by Crippen LogP contribution is 2.33. The summed E-state index contributed by atoms with van der Waals surface area (Å²) in [6.45, 7) is 8.36. The third-order valence-electron chi connectivity index (χ3n) is 2.47. The molecule has 0 saturated carbocycles. The van der Waals surface area contributed by atoms with Crippen LogP contribution in [0.25, 0.3) is 0 Å². The van der Waals surface area contributed by atoms with Gasteiger partial charge < -0.3 is 4.74 Å². The van der Waals surface area contributed by atoms with Crippen LogP contribution in [-0.4, -0.2) is 7.11 Å². The molecule has 0 bridgehead atoms. The van der Waals surface area contributed by atoms with Gasteiger partial charge in [0, 0.05) is 0 Å². The molecule has 1 aromatic carbocycles. The van der Waals surface area contributed by atoms with Crippen molar-refractivity contribution in [1.29, 1.82) is 5.26 Å². The van der Waals surface area contributed by atoms with Crippen LogP contribution in [0, 0.1) is 18.3 Å². The van der Waals surface area contributed by atoms with Crippen molar-refractivity contribution < 1.29 is 4.74 Å². The molecule has 0 aliphatic rings. The zero-order valence-corrected chi connectivity index (χ0v) is 10.0. The lowest BCUT2D eigenvalue weighted by Crippen LogP contribution is -2.13. The number of rotatable bonds is 1. The highest BCUT2D eigenvalue weighted by Gasteiger charge is 2.20. The summed E-state index contributed by atoms with van der Waals surface area (Å²) < 4.78 is 5.32. The molecule has 0 heterocycles. The second-order valence-corrected chi connectivity index (χ2v) is 4.73. The molecule has 0 atom stereocenters. The number of ether oxygens (including phenoxy) is 1. The molecule has 1 aromatic rings. The standard InChI is InChI=1S/C13H17NO/c1-9-6-11(13(2,3)4)12(15-5)7-10(9)8-14/h6-7H,1-5H3. The van der Waals surface area contributed by atoms with Gasteiger partial charge >= 0.3 is 0 Å². The van der Waals surface area contributed by atoms with Crippen LogP contribution in [0.4, 0.5) is 0 Å². The van der Waals surface area contributed by atoms with Crippen LogP contribution in [0.5, 0.6) is 5.75 Å². The van der Waals surface area contributed by atoms with Gasteiger partial charge in [-0.25, -0.2) is 0 Å². The minimum Gasteiger partial charge on any atom is -0.496 e. The molecule has 0 unspecified atom stereocenters. The Labute approximate surface area is 91.5 Å². The van der Waals surface area contributed by atoms with Crippen molar-refractivity contribution >= 4 is 0 Å². The fourth-order valence-electron chi connectivity index (χ4n) is 1.56. The van der Waals surface area contributed by atoms with Crippen molar-refractivity contribution in [2.45, 2.75) is 33.1 Å². The van der Waals surface area contributed by atoms with E-state index in [1.807, 2.05) is 19.1 Å². The summed E-state index contributed by atoms with van der Waals surface area (Å²) >= 11 is 0. The number of methoxy groups -OCH3 is 1. The minimum absolute atomic E-state index is 0.0318. The molecule has 0 saturated heterocycles. The molecule has 0 spiro atoms. The Balaban J connectivity index is 3.42. The lowest BCUT2D eigenvalue weighted by atomic mass is 9.84. The monoisotopic (exact) mass is 203 g/mol. The normalized spacial score (nSPS) is 10.9. The summed E-state index contributed by atoms with van der Waals surface area (Å²) in [7, 11) is 1.64. The zero-order valence-electron chi connectivity index (χ0n) is 10.0. The van der Waals surface area contributed by atoms with Crippen LogP contribution in [-0.2, 0) is 5.41 Å². The number of hydrogen-bond acceptors (Lipinski definition) is 2. The first-order valence-electron chi connectivity index (χ1n) is 4.99. The first-order valence-corrected chi connectivity index (χ1v) is 4.99. The quantitative estimate of drug-likeness (QED) is 0.702. The van der Waals surface area contributed by atoms with E-state index in [0.29, 0.717) is 5.56 Å². The van der Waals surface area contributed by atoms with E-state index in [9.17, 15) is 0 Å². The van der Waals surface area contributed by atoms with E-state index in [1.54, 1.807) is 7.11 Å². The molecule has 2 heteroatoms. The number of hydrogen-bond donors (Lipinski definition) is 0. The molecule has 0 aromatic heterocycles. The third-order valence-corrected chi connectivity index (χ3v) is 2.47. The molecule has 0 aliphatic heterocycles. The van der Waals surface area contributed by atoms with Crippen molar-refractivity contribution in [1.82, 2.24) is 0 Å². The summed E-state index contributed by atoms with van der Waals surface area (Å²) in [4.78, 5) is 0. The zero-order chi connectivity index (χ0) is 11.6. The number of benzene rings is 1. The molecule has 0 fully saturated rings. The van der Waals surface area contributed by atoms with Gasteiger partial charge in [0.25, 0.3) is 0 Å². The van der Waals surface area contributed by atoms with Crippen LogP contribution >= 0.6 is 0 Å². The second kappa shape index (κ2) is 3.94. The smallest absolute Gasteiger partial charge is 0.123 e. The molecular formula is C13H17NO. The second-order valence-electron chi connectivity index (χ2n) is 4.73. The van der Waals surface area contributed by atoms with Gasteiger partial charge in [0.2, 0.25) is 0 Å². The molecule has 15 heavy (non-hydrogen) atoms. The van der Waals surface area contributed by atoms with Gasteiger partial charge in [-0.1, -0.05) is 26.8 Å². The lowest BCUT2D eigenvalue weighted by molar-refractivity contribution is 0.397. The van der Waals surface area contributed by atoms with Crippen LogP contribution in [0.3, 0.4) is 0 Å². The van der Waals surface area contributed by atoms with Crippen LogP contribution in [0.2, 0.25) is 0 Å². The fourth-order valence-corrected chi connectivity index (χ4v) is 1.56. The van der Waals surface area contributed by atoms with Crippen molar-refractivity contribution in [3.63, 3.8) is 0 Å². The Morgan fingerprint density at radius 3 is 2.27 bits per heavy atom.